The maximum absolute atomic E-state index is 11.3. The number of aromatic nitrogens is 2. The zero-order chi connectivity index (χ0) is 19.6. The van der Waals surface area contributed by atoms with Gasteiger partial charge in [-0.3, -0.25) is 5.10 Å². The second-order valence-electron chi connectivity index (χ2n) is 5.41. The topological polar surface area (TPSA) is 176 Å². The molecule has 3 rings (SSSR count). The van der Waals surface area contributed by atoms with Gasteiger partial charge in [0.1, 0.15) is 29.2 Å². The lowest BCUT2D eigenvalue weighted by Crippen LogP contribution is -2.11. The highest BCUT2D eigenvalue weighted by Crippen LogP contribution is 2.27. The fourth-order valence-electron chi connectivity index (χ4n) is 2.36. The molecular weight excluding hydrogens is 368 g/mol. The molecule has 2 heterocycles. The Morgan fingerprint density at radius 3 is 2.48 bits per heavy atom. The molecule has 0 atom stereocenters. The Hall–Kier alpha value is -3.86. The lowest BCUT2D eigenvalue weighted by atomic mass is 10.1. The maximum atomic E-state index is 11.3. The highest BCUT2D eigenvalue weighted by molar-refractivity contribution is 7.89. The van der Waals surface area contributed by atoms with Crippen molar-refractivity contribution >= 4 is 27.5 Å². The van der Waals surface area contributed by atoms with Gasteiger partial charge in [0.25, 0.3) is 0 Å². The minimum absolute atomic E-state index is 0.00345. The number of nitrogen functional groups attached to an aromatic ring is 1. The number of anilines is 1. The van der Waals surface area contributed by atoms with Gasteiger partial charge in [-0.1, -0.05) is 0 Å². The molecule has 5 N–H and O–H groups in total. The third-order valence-corrected chi connectivity index (χ3v) is 4.61. The number of allylic oxidation sites excluding steroid dienone is 1. The monoisotopic (exact) mass is 380 g/mol. The summed E-state index contributed by atoms with van der Waals surface area (Å²) in [6.45, 7) is 0. The van der Waals surface area contributed by atoms with Gasteiger partial charge in [-0.25, -0.2) is 13.6 Å². The van der Waals surface area contributed by atoms with Crippen LogP contribution >= 0.6 is 0 Å². The number of nitrogens with zero attached hydrogens (tertiary/aromatic N) is 3. The lowest BCUT2D eigenvalue weighted by Gasteiger charge is -2.00. The van der Waals surface area contributed by atoms with Gasteiger partial charge < -0.3 is 10.2 Å². The number of H-pyrrole nitrogens is 1. The predicted octanol–water partition coefficient (Wildman–Crippen LogP) is 1.84. The molecule has 0 saturated heterocycles. The van der Waals surface area contributed by atoms with Crippen molar-refractivity contribution in [2.75, 3.05) is 5.73 Å². The van der Waals surface area contributed by atoms with Gasteiger partial charge in [0.15, 0.2) is 5.82 Å². The number of rotatable bonds is 4. The van der Waals surface area contributed by atoms with Crippen molar-refractivity contribution in [3.8, 4) is 23.5 Å². The number of furan rings is 1. The standard InChI is InChI=1S/C17H12N6O3S/c18-8-11(16-14(9-19)17(20)23-22-16)7-12-3-6-15(26-12)10-1-4-13(5-2-10)27(21,24)25/h1-7H,(H3,20,22,23)(H2,21,24,25)/b11-7+. The SMILES string of the molecule is N#C/C(=C\c1ccc(-c2ccc(S(N)(=O)=O)cc2)o1)c1[nH]nc(N)c1C#N. The van der Waals surface area contributed by atoms with Crippen molar-refractivity contribution < 1.29 is 12.8 Å². The van der Waals surface area contributed by atoms with E-state index in [0.717, 1.165) is 0 Å². The molecular formula is C17H12N6O3S. The van der Waals surface area contributed by atoms with Gasteiger partial charge in [0, 0.05) is 11.6 Å². The van der Waals surface area contributed by atoms with Crippen molar-refractivity contribution in [2.45, 2.75) is 4.90 Å². The third kappa shape index (κ3) is 3.57. The molecule has 0 spiro atoms. The molecule has 9 nitrogen and oxygen atoms in total. The number of nitriles is 2. The van der Waals surface area contributed by atoms with Crippen molar-refractivity contribution in [1.29, 1.82) is 10.5 Å². The van der Waals surface area contributed by atoms with Crippen molar-refractivity contribution in [3.05, 3.63) is 53.4 Å². The Labute approximate surface area is 154 Å². The van der Waals surface area contributed by atoms with Crippen LogP contribution in [0.25, 0.3) is 23.0 Å². The number of hydrogen-bond donors (Lipinski definition) is 3. The van der Waals surface area contributed by atoms with Gasteiger partial charge in [0.05, 0.1) is 16.2 Å². The molecule has 0 aliphatic heterocycles. The smallest absolute Gasteiger partial charge is 0.238 e. The fourth-order valence-corrected chi connectivity index (χ4v) is 2.88. The van der Waals surface area contributed by atoms with Crippen LogP contribution < -0.4 is 10.9 Å². The van der Waals surface area contributed by atoms with E-state index in [1.807, 2.05) is 12.1 Å². The van der Waals surface area contributed by atoms with Crippen LogP contribution in [0.15, 0.2) is 45.7 Å². The third-order valence-electron chi connectivity index (χ3n) is 3.68. The lowest BCUT2D eigenvalue weighted by molar-refractivity contribution is 0.571. The second-order valence-corrected chi connectivity index (χ2v) is 6.97. The van der Waals surface area contributed by atoms with Crippen molar-refractivity contribution in [2.24, 2.45) is 5.14 Å². The predicted molar refractivity (Wildman–Crippen MR) is 96.7 cm³/mol. The number of sulfonamides is 1. The molecule has 0 unspecified atom stereocenters. The maximum Gasteiger partial charge on any atom is 0.238 e. The van der Waals surface area contributed by atoms with E-state index in [0.29, 0.717) is 17.1 Å². The van der Waals surface area contributed by atoms with Crippen molar-refractivity contribution in [3.63, 3.8) is 0 Å². The van der Waals surface area contributed by atoms with E-state index >= 15 is 0 Å². The summed E-state index contributed by atoms with van der Waals surface area (Å²) in [5.74, 6) is 0.821. The highest BCUT2D eigenvalue weighted by Gasteiger charge is 2.15. The quantitative estimate of drug-likeness (QED) is 0.578. The molecule has 0 aliphatic rings. The Kier molecular flexibility index (Phi) is 4.52. The Balaban J connectivity index is 1.94. The Morgan fingerprint density at radius 1 is 1.19 bits per heavy atom. The van der Waals surface area contributed by atoms with Gasteiger partial charge in [-0.05, 0) is 36.4 Å². The molecule has 10 heteroatoms. The summed E-state index contributed by atoms with van der Waals surface area (Å²) in [5.41, 5.74) is 6.62. The van der Waals surface area contributed by atoms with Crippen LogP contribution in [-0.4, -0.2) is 18.6 Å². The van der Waals surface area contributed by atoms with E-state index in [1.54, 1.807) is 24.3 Å². The second kappa shape index (κ2) is 6.80. The van der Waals surface area contributed by atoms with E-state index < -0.39 is 10.0 Å². The molecule has 3 aromatic rings. The molecule has 1 aromatic carbocycles. The van der Waals surface area contributed by atoms with E-state index in [2.05, 4.69) is 10.2 Å². The molecule has 134 valence electrons. The zero-order valence-electron chi connectivity index (χ0n) is 13.7. The number of benzene rings is 1. The minimum Gasteiger partial charge on any atom is -0.457 e. The van der Waals surface area contributed by atoms with Gasteiger partial charge in [-0.15, -0.1) is 0 Å². The molecule has 0 bridgehead atoms. The van der Waals surface area contributed by atoms with Crippen LogP contribution in [-0.2, 0) is 10.0 Å². The van der Waals surface area contributed by atoms with Crippen LogP contribution in [0.2, 0.25) is 0 Å². The summed E-state index contributed by atoms with van der Waals surface area (Å²) < 4.78 is 28.3. The summed E-state index contributed by atoms with van der Waals surface area (Å²) in [7, 11) is -3.77. The molecule has 0 radical (unpaired) electrons. The zero-order valence-corrected chi connectivity index (χ0v) is 14.5. The van der Waals surface area contributed by atoms with E-state index in [-0.39, 0.29) is 27.5 Å². The first-order chi connectivity index (χ1) is 12.8. The average molecular weight is 380 g/mol. The van der Waals surface area contributed by atoms with Gasteiger partial charge in [-0.2, -0.15) is 15.6 Å². The molecule has 0 amide bonds. The van der Waals surface area contributed by atoms with Crippen molar-refractivity contribution in [1.82, 2.24) is 10.2 Å². The fraction of sp³-hybridized carbons (Fsp3) is 0. The van der Waals surface area contributed by atoms with Crippen LogP contribution in [0.1, 0.15) is 17.0 Å². The number of aromatic amines is 1. The number of primary sulfonamides is 1. The largest absolute Gasteiger partial charge is 0.457 e. The summed E-state index contributed by atoms with van der Waals surface area (Å²) in [5, 5.41) is 29.9. The summed E-state index contributed by atoms with van der Waals surface area (Å²) in [6.07, 6.45) is 1.44. The highest BCUT2D eigenvalue weighted by atomic mass is 32.2. The van der Waals surface area contributed by atoms with Crippen LogP contribution in [0.5, 0.6) is 0 Å². The first-order valence-electron chi connectivity index (χ1n) is 7.42. The number of hydrogen-bond acceptors (Lipinski definition) is 7. The normalized spacial score (nSPS) is 11.7. The Bertz CT molecular complexity index is 1220. The first kappa shape index (κ1) is 17.9. The number of nitrogens with two attached hydrogens (primary N) is 2. The molecule has 27 heavy (non-hydrogen) atoms. The van der Waals surface area contributed by atoms with Gasteiger partial charge in [0.2, 0.25) is 10.0 Å². The first-order valence-corrected chi connectivity index (χ1v) is 8.97. The summed E-state index contributed by atoms with van der Waals surface area (Å²) in [4.78, 5) is -0.00874. The number of nitrogens with one attached hydrogen (secondary N) is 1. The van der Waals surface area contributed by atoms with Crippen LogP contribution in [0, 0.1) is 22.7 Å². The minimum atomic E-state index is -3.77. The van der Waals surface area contributed by atoms with E-state index in [1.165, 1.54) is 18.2 Å². The van der Waals surface area contributed by atoms with Gasteiger partial charge >= 0.3 is 0 Å². The van der Waals surface area contributed by atoms with Crippen LogP contribution in [0.3, 0.4) is 0 Å². The molecule has 0 saturated carbocycles. The summed E-state index contributed by atoms with van der Waals surface area (Å²) >= 11 is 0. The Morgan fingerprint density at radius 2 is 1.89 bits per heavy atom. The molecule has 0 aliphatic carbocycles. The molecule has 2 aromatic heterocycles. The van der Waals surface area contributed by atoms with E-state index in [9.17, 15) is 13.7 Å². The van der Waals surface area contributed by atoms with Crippen LogP contribution in [0.4, 0.5) is 5.82 Å². The van der Waals surface area contributed by atoms with E-state index in [4.69, 9.17) is 20.6 Å². The molecule has 0 fully saturated rings. The summed E-state index contributed by atoms with van der Waals surface area (Å²) in [6, 6.07) is 13.0. The average Bonchev–Trinajstić information content (AvgIpc) is 3.25.